The van der Waals surface area contributed by atoms with Gasteiger partial charge in [0.25, 0.3) is 0 Å². The molecule has 0 aliphatic carbocycles. The Morgan fingerprint density at radius 3 is 2.76 bits per heavy atom. The minimum Gasteiger partial charge on any atom is -0.379 e. The van der Waals surface area contributed by atoms with Crippen LogP contribution in [0.15, 0.2) is 40.9 Å². The molecule has 1 fully saturated rings. The SMILES string of the molecule is c1ccc(-c2cc(NCCCN3CCOCC3)on2)cc1. The molecule has 0 amide bonds. The average molecular weight is 287 g/mol. The van der Waals surface area contributed by atoms with Crippen LogP contribution in [0.4, 0.5) is 5.88 Å². The fourth-order valence-electron chi connectivity index (χ4n) is 2.44. The summed E-state index contributed by atoms with van der Waals surface area (Å²) in [6.07, 6.45) is 1.08. The van der Waals surface area contributed by atoms with Gasteiger partial charge in [0.1, 0.15) is 5.69 Å². The van der Waals surface area contributed by atoms with Crippen molar-refractivity contribution in [1.29, 1.82) is 0 Å². The quantitative estimate of drug-likeness (QED) is 0.827. The molecule has 3 rings (SSSR count). The number of nitrogens with one attached hydrogen (secondary N) is 1. The summed E-state index contributed by atoms with van der Waals surface area (Å²) in [5, 5.41) is 7.38. The van der Waals surface area contributed by atoms with Gasteiger partial charge in [-0.2, -0.15) is 0 Å². The van der Waals surface area contributed by atoms with Crippen LogP contribution in [0.1, 0.15) is 6.42 Å². The summed E-state index contributed by atoms with van der Waals surface area (Å²) in [7, 11) is 0. The van der Waals surface area contributed by atoms with E-state index in [-0.39, 0.29) is 0 Å². The Kier molecular flexibility index (Phi) is 4.86. The number of aromatic nitrogens is 1. The predicted octanol–water partition coefficient (Wildman–Crippen LogP) is 2.48. The molecule has 0 saturated carbocycles. The molecule has 0 spiro atoms. The summed E-state index contributed by atoms with van der Waals surface area (Å²) in [6.45, 7) is 5.78. The lowest BCUT2D eigenvalue weighted by Crippen LogP contribution is -2.37. The number of anilines is 1. The maximum atomic E-state index is 5.34. The average Bonchev–Trinajstić information content (AvgIpc) is 3.02. The zero-order valence-corrected chi connectivity index (χ0v) is 12.1. The topological polar surface area (TPSA) is 50.5 Å². The van der Waals surface area contributed by atoms with Crippen LogP contribution in [0.25, 0.3) is 11.3 Å². The number of hydrogen-bond donors (Lipinski definition) is 1. The molecule has 5 nitrogen and oxygen atoms in total. The highest BCUT2D eigenvalue weighted by Gasteiger charge is 2.09. The van der Waals surface area contributed by atoms with E-state index in [1.54, 1.807) is 0 Å². The van der Waals surface area contributed by atoms with Gasteiger partial charge >= 0.3 is 0 Å². The van der Waals surface area contributed by atoms with Crippen molar-refractivity contribution >= 4 is 5.88 Å². The number of morpholine rings is 1. The molecule has 1 aliphatic heterocycles. The number of rotatable bonds is 6. The fraction of sp³-hybridized carbons (Fsp3) is 0.438. The molecule has 0 radical (unpaired) electrons. The van der Waals surface area contributed by atoms with Gasteiger partial charge in [0.15, 0.2) is 0 Å². The van der Waals surface area contributed by atoms with Gasteiger partial charge in [-0.3, -0.25) is 4.90 Å². The van der Waals surface area contributed by atoms with Crippen molar-refractivity contribution in [3.8, 4) is 11.3 Å². The Hall–Kier alpha value is -1.85. The van der Waals surface area contributed by atoms with Crippen LogP contribution in [0.2, 0.25) is 0 Å². The summed E-state index contributed by atoms with van der Waals surface area (Å²) in [5.41, 5.74) is 1.94. The molecule has 1 saturated heterocycles. The molecule has 1 aromatic heterocycles. The van der Waals surface area contributed by atoms with E-state index in [1.807, 2.05) is 36.4 Å². The molecule has 0 bridgehead atoms. The van der Waals surface area contributed by atoms with Crippen molar-refractivity contribution < 1.29 is 9.26 Å². The Morgan fingerprint density at radius 1 is 1.14 bits per heavy atom. The smallest absolute Gasteiger partial charge is 0.225 e. The summed E-state index contributed by atoms with van der Waals surface area (Å²) in [6, 6.07) is 12.0. The third-order valence-electron chi connectivity index (χ3n) is 3.63. The number of ether oxygens (including phenoxy) is 1. The zero-order valence-electron chi connectivity index (χ0n) is 12.1. The first-order chi connectivity index (χ1) is 10.4. The molecule has 21 heavy (non-hydrogen) atoms. The minimum absolute atomic E-state index is 0.732. The number of nitrogens with zero attached hydrogens (tertiary/aromatic N) is 2. The highest BCUT2D eigenvalue weighted by Crippen LogP contribution is 2.21. The second kappa shape index (κ2) is 7.24. The highest BCUT2D eigenvalue weighted by atomic mass is 16.5. The second-order valence-electron chi connectivity index (χ2n) is 5.18. The largest absolute Gasteiger partial charge is 0.379 e. The van der Waals surface area contributed by atoms with Crippen LogP contribution in [0.3, 0.4) is 0 Å². The molecule has 5 heteroatoms. The molecule has 2 heterocycles. The first-order valence-electron chi connectivity index (χ1n) is 7.48. The van der Waals surface area contributed by atoms with Gasteiger partial charge in [-0.1, -0.05) is 35.5 Å². The van der Waals surface area contributed by atoms with Crippen LogP contribution in [0, 0.1) is 0 Å². The summed E-state index contributed by atoms with van der Waals surface area (Å²) in [4.78, 5) is 2.43. The van der Waals surface area contributed by atoms with E-state index in [0.717, 1.165) is 63.0 Å². The van der Waals surface area contributed by atoms with Gasteiger partial charge in [-0.25, -0.2) is 0 Å². The zero-order chi connectivity index (χ0) is 14.3. The first-order valence-corrected chi connectivity index (χ1v) is 7.48. The van der Waals surface area contributed by atoms with Crippen molar-refractivity contribution in [3.05, 3.63) is 36.4 Å². The van der Waals surface area contributed by atoms with Crippen molar-refractivity contribution in [2.24, 2.45) is 0 Å². The Labute approximate surface area is 124 Å². The van der Waals surface area contributed by atoms with Crippen molar-refractivity contribution in [3.63, 3.8) is 0 Å². The summed E-state index contributed by atoms with van der Waals surface area (Å²) >= 11 is 0. The highest BCUT2D eigenvalue weighted by molar-refractivity contribution is 5.61. The normalized spacial score (nSPS) is 16.0. The van der Waals surface area contributed by atoms with Crippen molar-refractivity contribution in [2.45, 2.75) is 6.42 Å². The van der Waals surface area contributed by atoms with Gasteiger partial charge in [-0.15, -0.1) is 0 Å². The van der Waals surface area contributed by atoms with E-state index in [1.165, 1.54) is 0 Å². The lowest BCUT2D eigenvalue weighted by atomic mass is 10.2. The Balaban J connectivity index is 1.42. The van der Waals surface area contributed by atoms with E-state index >= 15 is 0 Å². The summed E-state index contributed by atoms with van der Waals surface area (Å²) < 4.78 is 10.7. The van der Waals surface area contributed by atoms with Gasteiger partial charge in [-0.05, 0) is 13.0 Å². The second-order valence-corrected chi connectivity index (χ2v) is 5.18. The molecule has 2 aromatic rings. The molecule has 0 atom stereocenters. The maximum Gasteiger partial charge on any atom is 0.225 e. The summed E-state index contributed by atoms with van der Waals surface area (Å²) in [5.74, 6) is 0.732. The van der Waals surface area contributed by atoms with E-state index in [4.69, 9.17) is 9.26 Å². The lowest BCUT2D eigenvalue weighted by molar-refractivity contribution is 0.0378. The van der Waals surface area contributed by atoms with Gasteiger partial charge in [0, 0.05) is 31.3 Å². The van der Waals surface area contributed by atoms with Crippen molar-refractivity contribution in [2.75, 3.05) is 44.7 Å². The molecule has 1 N–H and O–H groups in total. The van der Waals surface area contributed by atoms with E-state index in [9.17, 15) is 0 Å². The molecule has 1 aliphatic rings. The molecule has 112 valence electrons. The van der Waals surface area contributed by atoms with Crippen LogP contribution >= 0.6 is 0 Å². The van der Waals surface area contributed by atoms with Gasteiger partial charge in [0.2, 0.25) is 5.88 Å². The maximum absolute atomic E-state index is 5.34. The van der Waals surface area contributed by atoms with E-state index < -0.39 is 0 Å². The monoisotopic (exact) mass is 287 g/mol. The van der Waals surface area contributed by atoms with Crippen LogP contribution in [-0.2, 0) is 4.74 Å². The third-order valence-corrected chi connectivity index (χ3v) is 3.63. The number of hydrogen-bond acceptors (Lipinski definition) is 5. The molecule has 1 aromatic carbocycles. The van der Waals surface area contributed by atoms with Crippen LogP contribution in [-0.4, -0.2) is 49.4 Å². The predicted molar refractivity (Wildman–Crippen MR) is 82.3 cm³/mol. The first kappa shape index (κ1) is 14.1. The van der Waals surface area contributed by atoms with Crippen LogP contribution < -0.4 is 5.32 Å². The Bertz CT molecular complexity index is 535. The fourth-order valence-corrected chi connectivity index (χ4v) is 2.44. The minimum atomic E-state index is 0.732. The number of benzene rings is 1. The molecular formula is C16H21N3O2. The standard InChI is InChI=1S/C16H21N3O2/c1-2-5-14(6-3-1)15-13-16(21-18-15)17-7-4-8-19-9-11-20-12-10-19/h1-3,5-6,13,17H,4,7-12H2. The molecular weight excluding hydrogens is 266 g/mol. The van der Waals surface area contributed by atoms with E-state index in [0.29, 0.717) is 0 Å². The van der Waals surface area contributed by atoms with Gasteiger partial charge in [0.05, 0.1) is 13.2 Å². The molecule has 0 unspecified atom stereocenters. The van der Waals surface area contributed by atoms with Gasteiger partial charge < -0.3 is 14.6 Å². The van der Waals surface area contributed by atoms with Crippen LogP contribution in [0.5, 0.6) is 0 Å². The Morgan fingerprint density at radius 2 is 1.95 bits per heavy atom. The van der Waals surface area contributed by atoms with Crippen molar-refractivity contribution in [1.82, 2.24) is 10.1 Å². The lowest BCUT2D eigenvalue weighted by Gasteiger charge is -2.26. The third kappa shape index (κ3) is 4.06. The van der Waals surface area contributed by atoms with E-state index in [2.05, 4.69) is 15.4 Å².